The van der Waals surface area contributed by atoms with Crippen molar-refractivity contribution in [2.24, 2.45) is 0 Å². The second-order valence-electron chi connectivity index (χ2n) is 4.06. The third kappa shape index (κ3) is 13.4. The zero-order valence-electron chi connectivity index (χ0n) is 10.4. The maximum atomic E-state index is 10.0. The van der Waals surface area contributed by atoms with Gasteiger partial charge in [-0.25, -0.2) is 0 Å². The number of hydrogen-bond acceptors (Lipinski definition) is 3. The molecule has 0 atom stereocenters. The van der Waals surface area contributed by atoms with Crippen molar-refractivity contribution in [3.8, 4) is 0 Å². The van der Waals surface area contributed by atoms with Crippen LogP contribution in [0.5, 0.6) is 0 Å². The van der Waals surface area contributed by atoms with E-state index in [1.54, 1.807) is 0 Å². The molecule has 16 heavy (non-hydrogen) atoms. The summed E-state index contributed by atoms with van der Waals surface area (Å²) in [7, 11) is 0. The van der Waals surface area contributed by atoms with Gasteiger partial charge in [0, 0.05) is 32.6 Å². The largest absolute Gasteiger partial charge is 0.481 e. The predicted molar refractivity (Wildman–Crippen MR) is 66.8 cm³/mol. The average molecular weight is 230 g/mol. The van der Waals surface area contributed by atoms with Gasteiger partial charge in [-0.3, -0.25) is 4.79 Å². The Morgan fingerprint density at radius 2 is 1.50 bits per heavy atom. The van der Waals surface area contributed by atoms with Crippen molar-refractivity contribution in [1.82, 2.24) is 10.6 Å². The van der Waals surface area contributed by atoms with Gasteiger partial charge in [0.15, 0.2) is 0 Å². The maximum Gasteiger partial charge on any atom is 0.303 e. The Morgan fingerprint density at radius 1 is 1.00 bits per heavy atom. The highest BCUT2D eigenvalue weighted by atomic mass is 16.4. The van der Waals surface area contributed by atoms with E-state index in [9.17, 15) is 4.79 Å². The summed E-state index contributed by atoms with van der Waals surface area (Å²) in [6.07, 6.45) is 5.88. The summed E-state index contributed by atoms with van der Waals surface area (Å²) in [6, 6.07) is 0. The van der Waals surface area contributed by atoms with Gasteiger partial charge in [-0.05, 0) is 6.42 Å². The van der Waals surface area contributed by atoms with Gasteiger partial charge < -0.3 is 15.7 Å². The predicted octanol–water partition coefficient (Wildman–Crippen LogP) is 1.61. The van der Waals surface area contributed by atoms with Crippen LogP contribution in [0.25, 0.3) is 0 Å². The van der Waals surface area contributed by atoms with E-state index in [0.717, 1.165) is 39.0 Å². The minimum Gasteiger partial charge on any atom is -0.481 e. The van der Waals surface area contributed by atoms with E-state index in [1.165, 1.54) is 19.3 Å². The second-order valence-corrected chi connectivity index (χ2v) is 4.06. The average Bonchev–Trinajstić information content (AvgIpc) is 2.31. The highest BCUT2D eigenvalue weighted by Crippen LogP contribution is 2.04. The third-order valence-corrected chi connectivity index (χ3v) is 2.45. The highest BCUT2D eigenvalue weighted by Gasteiger charge is 1.94. The van der Waals surface area contributed by atoms with Crippen LogP contribution in [-0.2, 0) is 4.79 Å². The standard InChI is InChI=1S/C8H16O2.C4H10N2/c1-2-3-4-5-6-7-8(9)10;1-2-6-4-3-5-1/h2-7H2,1H3,(H,9,10);5-6H,1-4H2. The lowest BCUT2D eigenvalue weighted by Gasteiger charge is -2.11. The number of carbonyl (C=O) groups is 1. The highest BCUT2D eigenvalue weighted by molar-refractivity contribution is 5.66. The van der Waals surface area contributed by atoms with E-state index in [-0.39, 0.29) is 0 Å². The Balaban J connectivity index is 0.000000315. The monoisotopic (exact) mass is 230 g/mol. The first-order valence-electron chi connectivity index (χ1n) is 6.40. The molecule has 0 aromatic heterocycles. The summed E-state index contributed by atoms with van der Waals surface area (Å²) in [5, 5.41) is 14.7. The van der Waals surface area contributed by atoms with Gasteiger partial charge in [-0.15, -0.1) is 0 Å². The molecule has 0 aromatic carbocycles. The van der Waals surface area contributed by atoms with Crippen molar-refractivity contribution in [2.75, 3.05) is 26.2 Å². The maximum absolute atomic E-state index is 10.0. The van der Waals surface area contributed by atoms with Crippen molar-refractivity contribution in [1.29, 1.82) is 0 Å². The number of hydrogen-bond donors (Lipinski definition) is 3. The first-order chi connectivity index (χ1) is 7.77. The molecule has 4 heteroatoms. The molecule has 1 aliphatic heterocycles. The number of piperazine rings is 1. The molecule has 1 heterocycles. The number of unbranched alkanes of at least 4 members (excludes halogenated alkanes) is 4. The van der Waals surface area contributed by atoms with Crippen LogP contribution in [0.3, 0.4) is 0 Å². The smallest absolute Gasteiger partial charge is 0.303 e. The molecular weight excluding hydrogens is 204 g/mol. The summed E-state index contributed by atoms with van der Waals surface area (Å²) < 4.78 is 0. The van der Waals surface area contributed by atoms with Crippen LogP contribution in [0, 0.1) is 0 Å². The van der Waals surface area contributed by atoms with Gasteiger partial charge in [0.1, 0.15) is 0 Å². The van der Waals surface area contributed by atoms with E-state index in [2.05, 4.69) is 17.6 Å². The zero-order valence-corrected chi connectivity index (χ0v) is 10.4. The lowest BCUT2D eigenvalue weighted by molar-refractivity contribution is -0.137. The molecule has 0 saturated carbocycles. The van der Waals surface area contributed by atoms with Crippen molar-refractivity contribution in [3.05, 3.63) is 0 Å². The zero-order chi connectivity index (χ0) is 12.1. The van der Waals surface area contributed by atoms with Crippen LogP contribution in [0.2, 0.25) is 0 Å². The van der Waals surface area contributed by atoms with E-state index in [0.29, 0.717) is 6.42 Å². The van der Waals surface area contributed by atoms with Crippen LogP contribution in [0.1, 0.15) is 45.4 Å². The van der Waals surface area contributed by atoms with Crippen LogP contribution >= 0.6 is 0 Å². The normalized spacial score (nSPS) is 15.1. The molecule has 0 amide bonds. The fourth-order valence-electron chi connectivity index (χ4n) is 1.48. The first-order valence-corrected chi connectivity index (χ1v) is 6.40. The number of aliphatic carboxylic acids is 1. The van der Waals surface area contributed by atoms with E-state index in [4.69, 9.17) is 5.11 Å². The van der Waals surface area contributed by atoms with Crippen molar-refractivity contribution < 1.29 is 9.90 Å². The lowest BCUT2D eigenvalue weighted by atomic mass is 10.1. The SMILES string of the molecule is C1CNCCN1.CCCCCCCC(=O)O. The molecular formula is C12H26N2O2. The Kier molecular flexibility index (Phi) is 12.0. The van der Waals surface area contributed by atoms with Gasteiger partial charge >= 0.3 is 5.97 Å². The van der Waals surface area contributed by atoms with Crippen LogP contribution in [0.15, 0.2) is 0 Å². The Bertz CT molecular complexity index is 148. The molecule has 1 aliphatic rings. The number of carboxylic acids is 1. The van der Waals surface area contributed by atoms with E-state index >= 15 is 0 Å². The van der Waals surface area contributed by atoms with Gasteiger partial charge in [0.05, 0.1) is 0 Å². The Hall–Kier alpha value is -0.610. The Labute approximate surface area is 98.8 Å². The fourth-order valence-corrected chi connectivity index (χ4v) is 1.48. The van der Waals surface area contributed by atoms with Gasteiger partial charge in [0.25, 0.3) is 0 Å². The molecule has 0 radical (unpaired) electrons. The minimum atomic E-state index is -0.670. The molecule has 1 fully saturated rings. The Morgan fingerprint density at radius 3 is 1.88 bits per heavy atom. The molecule has 1 rings (SSSR count). The quantitative estimate of drug-likeness (QED) is 0.607. The lowest BCUT2D eigenvalue weighted by Crippen LogP contribution is -2.39. The molecule has 0 aromatic rings. The van der Waals surface area contributed by atoms with Crippen LogP contribution in [-0.4, -0.2) is 37.3 Å². The molecule has 0 aliphatic carbocycles. The molecule has 0 spiro atoms. The number of rotatable bonds is 6. The first kappa shape index (κ1) is 15.4. The van der Waals surface area contributed by atoms with E-state index < -0.39 is 5.97 Å². The molecule has 4 nitrogen and oxygen atoms in total. The van der Waals surface area contributed by atoms with Crippen LogP contribution < -0.4 is 10.6 Å². The summed E-state index contributed by atoms with van der Waals surface area (Å²) in [6.45, 7) is 6.71. The van der Waals surface area contributed by atoms with Crippen molar-refractivity contribution in [2.45, 2.75) is 45.4 Å². The second kappa shape index (κ2) is 12.5. The minimum absolute atomic E-state index is 0.337. The molecule has 1 saturated heterocycles. The van der Waals surface area contributed by atoms with Crippen molar-refractivity contribution in [3.63, 3.8) is 0 Å². The summed E-state index contributed by atoms with van der Waals surface area (Å²) in [4.78, 5) is 10.0. The molecule has 0 unspecified atom stereocenters. The number of carboxylic acid groups (broad SMARTS) is 1. The van der Waals surface area contributed by atoms with E-state index in [1.807, 2.05) is 0 Å². The topological polar surface area (TPSA) is 61.4 Å². The van der Waals surface area contributed by atoms with Gasteiger partial charge in [-0.1, -0.05) is 32.6 Å². The summed E-state index contributed by atoms with van der Waals surface area (Å²) in [5.74, 6) is -0.670. The van der Waals surface area contributed by atoms with Gasteiger partial charge in [-0.2, -0.15) is 0 Å². The fraction of sp³-hybridized carbons (Fsp3) is 0.917. The number of nitrogens with one attached hydrogen (secondary N) is 2. The summed E-state index contributed by atoms with van der Waals surface area (Å²) >= 11 is 0. The molecule has 0 bridgehead atoms. The third-order valence-electron chi connectivity index (χ3n) is 2.45. The summed E-state index contributed by atoms with van der Waals surface area (Å²) in [5.41, 5.74) is 0. The molecule has 96 valence electrons. The molecule has 3 N–H and O–H groups in total. The van der Waals surface area contributed by atoms with Crippen LogP contribution in [0.4, 0.5) is 0 Å². The van der Waals surface area contributed by atoms with Gasteiger partial charge in [0.2, 0.25) is 0 Å². The van der Waals surface area contributed by atoms with Crippen molar-refractivity contribution >= 4 is 5.97 Å².